The smallest absolute Gasteiger partial charge is 0.281 e. The highest BCUT2D eigenvalue weighted by atomic mass is 32.2. The van der Waals surface area contributed by atoms with Crippen molar-refractivity contribution in [2.75, 3.05) is 27.2 Å². The summed E-state index contributed by atoms with van der Waals surface area (Å²) in [7, 11) is 1.73. The fourth-order valence-corrected chi connectivity index (χ4v) is 4.58. The van der Waals surface area contributed by atoms with E-state index in [0.29, 0.717) is 19.5 Å². The number of aromatic nitrogens is 4. The van der Waals surface area contributed by atoms with Crippen LogP contribution in [-0.2, 0) is 23.7 Å². The Morgan fingerprint density at radius 1 is 1.23 bits per heavy atom. The van der Waals surface area contributed by atoms with Crippen LogP contribution >= 0.6 is 0 Å². The van der Waals surface area contributed by atoms with Gasteiger partial charge in [0, 0.05) is 46.6 Å². The maximum Gasteiger partial charge on any atom is 0.281 e. The number of hydrogen-bond acceptors (Lipinski definition) is 5. The van der Waals surface area contributed by atoms with E-state index in [9.17, 15) is 8.42 Å². The lowest BCUT2D eigenvalue weighted by Crippen LogP contribution is -2.45. The lowest BCUT2D eigenvalue weighted by Gasteiger charge is -2.33. The summed E-state index contributed by atoms with van der Waals surface area (Å²) >= 11 is 0. The molecule has 9 heteroatoms. The van der Waals surface area contributed by atoms with E-state index in [-0.39, 0.29) is 5.92 Å². The van der Waals surface area contributed by atoms with E-state index in [0.717, 1.165) is 35.7 Å². The van der Waals surface area contributed by atoms with Gasteiger partial charge in [0.15, 0.2) is 0 Å². The van der Waals surface area contributed by atoms with Crippen LogP contribution in [0.2, 0.25) is 0 Å². The van der Waals surface area contributed by atoms with Crippen LogP contribution in [0.3, 0.4) is 0 Å². The molecular formula is C17H26N6O2S. The Morgan fingerprint density at radius 2 is 1.96 bits per heavy atom. The van der Waals surface area contributed by atoms with Crippen molar-refractivity contribution in [1.29, 1.82) is 0 Å². The first-order valence-corrected chi connectivity index (χ1v) is 10.2. The summed E-state index contributed by atoms with van der Waals surface area (Å²) < 4.78 is 29.7. The predicted molar refractivity (Wildman–Crippen MR) is 99.6 cm³/mol. The highest BCUT2D eigenvalue weighted by Crippen LogP contribution is 2.27. The largest absolute Gasteiger partial charge is 0.330 e. The summed E-state index contributed by atoms with van der Waals surface area (Å²) in [5.41, 5.74) is 2.65. The van der Waals surface area contributed by atoms with Crippen molar-refractivity contribution < 1.29 is 8.42 Å². The standard InChI is InChI=1S/C17H26N6O2S/c1-13-20-11-16(22(13)4)17-15(18-7-8-19-17)10-14-6-5-9-23(12-14)26(24,25)21(2)3/h7-8,11,14H,5-6,9-10,12H2,1-4H3/t14-/m0/s1. The van der Waals surface area contributed by atoms with Gasteiger partial charge in [0.2, 0.25) is 0 Å². The Labute approximate surface area is 155 Å². The third-order valence-electron chi connectivity index (χ3n) is 4.99. The van der Waals surface area contributed by atoms with Crippen LogP contribution in [0.1, 0.15) is 24.4 Å². The third kappa shape index (κ3) is 3.65. The second kappa shape index (κ2) is 7.42. The molecule has 3 heterocycles. The van der Waals surface area contributed by atoms with Crippen LogP contribution in [-0.4, -0.2) is 63.7 Å². The first-order chi connectivity index (χ1) is 12.3. The molecule has 0 amide bonds. The minimum Gasteiger partial charge on any atom is -0.330 e. The monoisotopic (exact) mass is 378 g/mol. The van der Waals surface area contributed by atoms with Gasteiger partial charge in [-0.2, -0.15) is 17.0 Å². The van der Waals surface area contributed by atoms with Gasteiger partial charge in [0.1, 0.15) is 11.5 Å². The minimum absolute atomic E-state index is 0.225. The second-order valence-electron chi connectivity index (χ2n) is 6.96. The molecule has 0 bridgehead atoms. The third-order valence-corrected chi connectivity index (χ3v) is 6.90. The maximum atomic E-state index is 12.4. The Balaban J connectivity index is 1.83. The summed E-state index contributed by atoms with van der Waals surface area (Å²) in [6.07, 6.45) is 7.74. The molecule has 0 unspecified atom stereocenters. The highest BCUT2D eigenvalue weighted by molar-refractivity contribution is 7.86. The van der Waals surface area contributed by atoms with Gasteiger partial charge >= 0.3 is 0 Å². The molecule has 0 spiro atoms. The molecule has 1 saturated heterocycles. The Morgan fingerprint density at radius 3 is 2.62 bits per heavy atom. The quantitative estimate of drug-likeness (QED) is 0.782. The molecule has 2 aromatic rings. The van der Waals surface area contributed by atoms with E-state index in [4.69, 9.17) is 0 Å². The van der Waals surface area contributed by atoms with Crippen molar-refractivity contribution in [3.8, 4) is 11.4 Å². The van der Waals surface area contributed by atoms with Gasteiger partial charge in [-0.1, -0.05) is 0 Å². The van der Waals surface area contributed by atoms with E-state index >= 15 is 0 Å². The Hall–Kier alpha value is -1.84. The molecule has 1 fully saturated rings. The van der Waals surface area contributed by atoms with Crippen LogP contribution in [0.5, 0.6) is 0 Å². The van der Waals surface area contributed by atoms with E-state index in [1.165, 1.54) is 4.31 Å². The molecule has 8 nitrogen and oxygen atoms in total. The molecule has 2 aromatic heterocycles. The first-order valence-electron chi connectivity index (χ1n) is 8.77. The zero-order valence-corrected chi connectivity index (χ0v) is 16.6. The number of rotatable bonds is 5. The van der Waals surface area contributed by atoms with Gasteiger partial charge in [-0.15, -0.1) is 0 Å². The fraction of sp³-hybridized carbons (Fsp3) is 0.588. The Kier molecular flexibility index (Phi) is 5.40. The lowest BCUT2D eigenvalue weighted by molar-refractivity contribution is 0.253. The zero-order valence-electron chi connectivity index (χ0n) is 15.8. The summed E-state index contributed by atoms with van der Waals surface area (Å²) in [6, 6.07) is 0. The van der Waals surface area contributed by atoms with Crippen LogP contribution in [0, 0.1) is 12.8 Å². The topological polar surface area (TPSA) is 84.2 Å². The molecule has 0 saturated carbocycles. The fourth-order valence-electron chi connectivity index (χ4n) is 3.36. The Bertz CT molecular complexity index is 877. The summed E-state index contributed by atoms with van der Waals surface area (Å²) in [6.45, 7) is 3.04. The lowest BCUT2D eigenvalue weighted by atomic mass is 9.93. The molecule has 0 N–H and O–H groups in total. The van der Waals surface area contributed by atoms with Gasteiger partial charge in [-0.3, -0.25) is 9.97 Å². The van der Waals surface area contributed by atoms with Crippen molar-refractivity contribution in [3.63, 3.8) is 0 Å². The van der Waals surface area contributed by atoms with Crippen LogP contribution in [0.15, 0.2) is 18.6 Å². The van der Waals surface area contributed by atoms with E-state index in [1.54, 1.807) is 30.8 Å². The number of nitrogens with zero attached hydrogens (tertiary/aromatic N) is 6. The zero-order chi connectivity index (χ0) is 18.9. The van der Waals surface area contributed by atoms with Gasteiger partial charge in [-0.25, -0.2) is 4.98 Å². The summed E-state index contributed by atoms with van der Waals surface area (Å²) in [5, 5.41) is 0. The molecule has 0 aliphatic carbocycles. The van der Waals surface area contributed by atoms with Crippen molar-refractivity contribution >= 4 is 10.2 Å². The van der Waals surface area contributed by atoms with Crippen molar-refractivity contribution in [2.24, 2.45) is 13.0 Å². The number of piperidine rings is 1. The average molecular weight is 379 g/mol. The summed E-state index contributed by atoms with van der Waals surface area (Å²) in [5.74, 6) is 1.14. The van der Waals surface area contributed by atoms with Crippen molar-refractivity contribution in [3.05, 3.63) is 30.1 Å². The maximum absolute atomic E-state index is 12.4. The highest BCUT2D eigenvalue weighted by Gasteiger charge is 2.31. The van der Waals surface area contributed by atoms with E-state index < -0.39 is 10.2 Å². The second-order valence-corrected chi connectivity index (χ2v) is 9.10. The predicted octanol–water partition coefficient (Wildman–Crippen LogP) is 1.25. The summed E-state index contributed by atoms with van der Waals surface area (Å²) in [4.78, 5) is 13.4. The van der Waals surface area contributed by atoms with E-state index in [2.05, 4.69) is 15.0 Å². The number of hydrogen-bond donors (Lipinski definition) is 0. The first kappa shape index (κ1) is 18.9. The van der Waals surface area contributed by atoms with Crippen molar-refractivity contribution in [2.45, 2.75) is 26.2 Å². The number of imidazole rings is 1. The molecule has 1 aliphatic heterocycles. The van der Waals surface area contributed by atoms with Gasteiger partial charge < -0.3 is 4.57 Å². The van der Waals surface area contributed by atoms with Crippen LogP contribution in [0.4, 0.5) is 0 Å². The molecule has 0 radical (unpaired) electrons. The van der Waals surface area contributed by atoms with Crippen LogP contribution < -0.4 is 0 Å². The minimum atomic E-state index is -3.37. The molecular weight excluding hydrogens is 352 g/mol. The van der Waals surface area contributed by atoms with E-state index in [1.807, 2.05) is 24.7 Å². The van der Waals surface area contributed by atoms with Gasteiger partial charge in [0.05, 0.1) is 17.6 Å². The van der Waals surface area contributed by atoms with Gasteiger partial charge in [-0.05, 0) is 32.1 Å². The van der Waals surface area contributed by atoms with Crippen LogP contribution in [0.25, 0.3) is 11.4 Å². The molecule has 142 valence electrons. The number of aryl methyl sites for hydroxylation is 1. The molecule has 1 aliphatic rings. The average Bonchev–Trinajstić information content (AvgIpc) is 2.95. The SMILES string of the molecule is Cc1ncc(-c2nccnc2C[C@@H]2CCCN(S(=O)(=O)N(C)C)C2)n1C. The molecule has 3 rings (SSSR count). The van der Waals surface area contributed by atoms with Gasteiger partial charge in [0.25, 0.3) is 10.2 Å². The molecule has 1 atom stereocenters. The molecule has 0 aromatic carbocycles. The normalized spacial score (nSPS) is 19.2. The molecule has 26 heavy (non-hydrogen) atoms. The van der Waals surface area contributed by atoms with Crippen molar-refractivity contribution in [1.82, 2.24) is 28.1 Å².